The van der Waals surface area contributed by atoms with Crippen molar-refractivity contribution >= 4 is 5.91 Å². The van der Waals surface area contributed by atoms with Crippen molar-refractivity contribution in [1.29, 1.82) is 0 Å². The summed E-state index contributed by atoms with van der Waals surface area (Å²) in [5.41, 5.74) is -0.471. The Balaban J connectivity index is 2.47. The fourth-order valence-corrected chi connectivity index (χ4v) is 2.24. The minimum Gasteiger partial charge on any atom is -0.339 e. The molecular formula is C14H25N3O. The van der Waals surface area contributed by atoms with Gasteiger partial charge in [0.05, 0.1) is 6.54 Å². The number of amides is 1. The number of rotatable bonds is 5. The van der Waals surface area contributed by atoms with E-state index in [9.17, 15) is 4.79 Å². The van der Waals surface area contributed by atoms with Crippen LogP contribution in [0.25, 0.3) is 0 Å². The number of carbonyl (C=O) groups is 1. The first-order valence-electron chi connectivity index (χ1n) is 6.87. The zero-order valence-electron chi connectivity index (χ0n) is 11.6. The summed E-state index contributed by atoms with van der Waals surface area (Å²) in [4.78, 5) is 14.2. The number of hydrogen-bond acceptors (Lipinski definition) is 3. The average Bonchev–Trinajstić information content (AvgIpc) is 2.65. The van der Waals surface area contributed by atoms with Crippen LogP contribution in [-0.4, -0.2) is 49.1 Å². The van der Waals surface area contributed by atoms with Crippen LogP contribution in [-0.2, 0) is 4.79 Å². The van der Waals surface area contributed by atoms with E-state index in [1.54, 1.807) is 0 Å². The van der Waals surface area contributed by atoms with E-state index in [-0.39, 0.29) is 5.91 Å². The van der Waals surface area contributed by atoms with Gasteiger partial charge in [0.15, 0.2) is 0 Å². The van der Waals surface area contributed by atoms with Crippen LogP contribution in [0.15, 0.2) is 0 Å². The van der Waals surface area contributed by atoms with Gasteiger partial charge in [-0.15, -0.1) is 6.42 Å². The Labute approximate surface area is 110 Å². The van der Waals surface area contributed by atoms with Gasteiger partial charge in [-0.3, -0.25) is 9.69 Å². The second kappa shape index (κ2) is 7.40. The van der Waals surface area contributed by atoms with Crippen LogP contribution in [0.3, 0.4) is 0 Å². The quantitative estimate of drug-likeness (QED) is 0.703. The maximum Gasteiger partial charge on any atom is 0.235 e. The highest BCUT2D eigenvalue weighted by Crippen LogP contribution is 2.13. The Hall–Kier alpha value is -1.05. The molecule has 1 aliphatic heterocycles. The molecule has 0 aromatic carbocycles. The van der Waals surface area contributed by atoms with Crippen LogP contribution in [0.5, 0.6) is 0 Å². The monoisotopic (exact) mass is 251 g/mol. The van der Waals surface area contributed by atoms with Crippen LogP contribution in [0.4, 0.5) is 0 Å². The van der Waals surface area contributed by atoms with E-state index in [1.165, 1.54) is 0 Å². The lowest BCUT2D eigenvalue weighted by Crippen LogP contribution is -2.50. The molecule has 0 aromatic heterocycles. The lowest BCUT2D eigenvalue weighted by molar-refractivity contribution is -0.123. The summed E-state index contributed by atoms with van der Waals surface area (Å²) in [6, 6.07) is 0. The van der Waals surface area contributed by atoms with E-state index < -0.39 is 5.54 Å². The number of hydrogen-bond donors (Lipinski definition) is 2. The third kappa shape index (κ3) is 4.32. The normalized spacial score (nSPS) is 17.8. The highest BCUT2D eigenvalue weighted by molar-refractivity contribution is 5.79. The minimum atomic E-state index is -0.471. The number of carbonyl (C=O) groups excluding carboxylic acids is 1. The second-order valence-corrected chi connectivity index (χ2v) is 4.86. The third-order valence-corrected chi connectivity index (χ3v) is 3.66. The van der Waals surface area contributed by atoms with E-state index in [4.69, 9.17) is 6.42 Å². The summed E-state index contributed by atoms with van der Waals surface area (Å²) >= 11 is 0. The molecule has 1 heterocycles. The van der Waals surface area contributed by atoms with Crippen molar-refractivity contribution in [2.75, 3.05) is 32.7 Å². The topological polar surface area (TPSA) is 44.4 Å². The molecule has 0 aliphatic carbocycles. The first-order chi connectivity index (χ1) is 8.65. The number of terminal acetylenes is 1. The van der Waals surface area contributed by atoms with Crippen molar-refractivity contribution in [2.45, 2.75) is 38.6 Å². The predicted octanol–water partition coefficient (Wildman–Crippen LogP) is 0.590. The lowest BCUT2D eigenvalue weighted by Gasteiger charge is -2.28. The van der Waals surface area contributed by atoms with Gasteiger partial charge in [0.2, 0.25) is 5.91 Å². The maximum atomic E-state index is 12.0. The Morgan fingerprint density at radius 1 is 1.39 bits per heavy atom. The first-order valence-corrected chi connectivity index (χ1v) is 6.87. The van der Waals surface area contributed by atoms with Gasteiger partial charge in [0.25, 0.3) is 0 Å². The molecule has 1 amide bonds. The lowest BCUT2D eigenvalue weighted by atomic mass is 9.94. The Bertz CT molecular complexity index is 297. The number of nitrogens with one attached hydrogen (secondary N) is 2. The van der Waals surface area contributed by atoms with E-state index >= 15 is 0 Å². The van der Waals surface area contributed by atoms with Gasteiger partial charge in [-0.1, -0.05) is 19.8 Å². The molecule has 1 saturated heterocycles. The van der Waals surface area contributed by atoms with Crippen molar-refractivity contribution in [1.82, 2.24) is 15.5 Å². The molecule has 0 atom stereocenters. The SMILES string of the molecule is C#CC(CC)(CC)NC(=O)CN1CCCNCC1. The Morgan fingerprint density at radius 3 is 2.72 bits per heavy atom. The molecule has 2 N–H and O–H groups in total. The van der Waals surface area contributed by atoms with Crippen molar-refractivity contribution in [2.24, 2.45) is 0 Å². The molecule has 0 spiro atoms. The molecule has 0 saturated carbocycles. The first kappa shape index (κ1) is 15.0. The smallest absolute Gasteiger partial charge is 0.235 e. The molecule has 0 aromatic rings. The van der Waals surface area contributed by atoms with Crippen LogP contribution in [0.2, 0.25) is 0 Å². The van der Waals surface area contributed by atoms with Crippen LogP contribution in [0, 0.1) is 12.3 Å². The Kier molecular flexibility index (Phi) is 6.17. The van der Waals surface area contributed by atoms with E-state index in [0.717, 1.165) is 45.4 Å². The molecule has 1 fully saturated rings. The molecule has 102 valence electrons. The van der Waals surface area contributed by atoms with Gasteiger partial charge in [-0.05, 0) is 32.4 Å². The molecule has 1 rings (SSSR count). The summed E-state index contributed by atoms with van der Waals surface area (Å²) in [6.45, 7) is 8.37. The van der Waals surface area contributed by atoms with Crippen molar-refractivity contribution in [3.8, 4) is 12.3 Å². The maximum absolute atomic E-state index is 12.0. The number of nitrogens with zero attached hydrogens (tertiary/aromatic N) is 1. The highest BCUT2D eigenvalue weighted by atomic mass is 16.2. The summed E-state index contributed by atoms with van der Waals surface area (Å²) in [6.07, 6.45) is 8.18. The largest absolute Gasteiger partial charge is 0.339 e. The zero-order chi connectivity index (χ0) is 13.4. The molecule has 4 heteroatoms. The fraction of sp³-hybridized carbons (Fsp3) is 0.786. The molecule has 1 aliphatic rings. The van der Waals surface area contributed by atoms with Crippen LogP contribution >= 0.6 is 0 Å². The summed E-state index contributed by atoms with van der Waals surface area (Å²) in [7, 11) is 0. The molecular weight excluding hydrogens is 226 g/mol. The molecule has 0 radical (unpaired) electrons. The fourth-order valence-electron chi connectivity index (χ4n) is 2.24. The van der Waals surface area contributed by atoms with Crippen LogP contribution in [0.1, 0.15) is 33.1 Å². The van der Waals surface area contributed by atoms with E-state index in [0.29, 0.717) is 6.54 Å². The van der Waals surface area contributed by atoms with Gasteiger partial charge in [-0.2, -0.15) is 0 Å². The van der Waals surface area contributed by atoms with Crippen LogP contribution < -0.4 is 10.6 Å². The van der Waals surface area contributed by atoms with Crippen molar-refractivity contribution < 1.29 is 4.79 Å². The van der Waals surface area contributed by atoms with Gasteiger partial charge in [-0.25, -0.2) is 0 Å². The third-order valence-electron chi connectivity index (χ3n) is 3.66. The predicted molar refractivity (Wildman–Crippen MR) is 74.2 cm³/mol. The average molecular weight is 251 g/mol. The highest BCUT2D eigenvalue weighted by Gasteiger charge is 2.26. The standard InChI is InChI=1S/C14H25N3O/c1-4-14(5-2,6-3)16-13(18)12-17-10-7-8-15-9-11-17/h1,15H,5-12H2,2-3H3,(H,16,18). The summed E-state index contributed by atoms with van der Waals surface area (Å²) in [5.74, 6) is 2.77. The molecule has 0 bridgehead atoms. The summed E-state index contributed by atoms with van der Waals surface area (Å²) < 4.78 is 0. The minimum absolute atomic E-state index is 0.0403. The summed E-state index contributed by atoms with van der Waals surface area (Å²) in [5, 5.41) is 6.34. The van der Waals surface area contributed by atoms with Gasteiger partial charge in [0.1, 0.15) is 5.54 Å². The molecule has 0 unspecified atom stereocenters. The van der Waals surface area contributed by atoms with Gasteiger partial charge in [0, 0.05) is 13.1 Å². The molecule has 4 nitrogen and oxygen atoms in total. The van der Waals surface area contributed by atoms with Crippen molar-refractivity contribution in [3.63, 3.8) is 0 Å². The van der Waals surface area contributed by atoms with Gasteiger partial charge >= 0.3 is 0 Å². The second-order valence-electron chi connectivity index (χ2n) is 4.86. The van der Waals surface area contributed by atoms with E-state index in [1.807, 2.05) is 13.8 Å². The van der Waals surface area contributed by atoms with Crippen molar-refractivity contribution in [3.05, 3.63) is 0 Å². The molecule has 18 heavy (non-hydrogen) atoms. The Morgan fingerprint density at radius 2 is 2.11 bits per heavy atom. The zero-order valence-corrected chi connectivity index (χ0v) is 11.6. The van der Waals surface area contributed by atoms with Gasteiger partial charge < -0.3 is 10.6 Å². The van der Waals surface area contributed by atoms with E-state index in [2.05, 4.69) is 21.5 Å².